The molecule has 138 valence electrons. The number of hydrogen-bond donors (Lipinski definition) is 1. The fraction of sp³-hybridized carbons (Fsp3) is 0.350. The average molecular weight is 372 g/mol. The van der Waals surface area contributed by atoms with E-state index in [1.165, 1.54) is 0 Å². The second-order valence-corrected chi connectivity index (χ2v) is 8.56. The van der Waals surface area contributed by atoms with E-state index in [-0.39, 0.29) is 10.8 Å². The first-order valence-corrected chi connectivity index (χ1v) is 10.4. The molecule has 1 N–H and O–H groups in total. The molecule has 3 rings (SSSR count). The van der Waals surface area contributed by atoms with Gasteiger partial charge in [-0.3, -0.25) is 9.52 Å². The first-order chi connectivity index (χ1) is 12.4. The molecule has 1 aliphatic heterocycles. The van der Waals surface area contributed by atoms with E-state index in [0.29, 0.717) is 24.6 Å². The molecule has 2 aromatic rings. The Balaban J connectivity index is 1.81. The number of sulfonamides is 1. The van der Waals surface area contributed by atoms with Gasteiger partial charge in [0.15, 0.2) is 0 Å². The highest BCUT2D eigenvalue weighted by Gasteiger charge is 2.20. The van der Waals surface area contributed by atoms with E-state index in [1.54, 1.807) is 35.2 Å². The lowest BCUT2D eigenvalue weighted by Gasteiger charge is -2.27. The lowest BCUT2D eigenvalue weighted by Crippen LogP contribution is -2.35. The first kappa shape index (κ1) is 18.5. The van der Waals surface area contributed by atoms with Gasteiger partial charge in [-0.1, -0.05) is 32.0 Å². The van der Waals surface area contributed by atoms with Crippen LogP contribution < -0.4 is 9.62 Å². The normalized spacial score (nSPS) is 15.3. The highest BCUT2D eigenvalue weighted by Crippen LogP contribution is 2.26. The summed E-state index contributed by atoms with van der Waals surface area (Å²) in [5.41, 5.74) is 2.27. The van der Waals surface area contributed by atoms with Crippen LogP contribution in [-0.2, 0) is 14.8 Å². The molecular weight excluding hydrogens is 348 g/mol. The molecular formula is C20H24N2O3S. The summed E-state index contributed by atoms with van der Waals surface area (Å²) in [4.78, 5) is 14.0. The number of amides is 1. The molecule has 6 heteroatoms. The molecule has 0 aliphatic carbocycles. The number of benzene rings is 2. The fourth-order valence-electron chi connectivity index (χ4n) is 3.06. The van der Waals surface area contributed by atoms with Crippen molar-refractivity contribution in [3.8, 4) is 0 Å². The van der Waals surface area contributed by atoms with Crippen molar-refractivity contribution in [1.29, 1.82) is 0 Å². The monoisotopic (exact) mass is 372 g/mol. The number of nitrogens with zero attached hydrogens (tertiary/aromatic N) is 1. The molecule has 2 aromatic carbocycles. The van der Waals surface area contributed by atoms with E-state index in [4.69, 9.17) is 0 Å². The van der Waals surface area contributed by atoms with Crippen molar-refractivity contribution in [3.63, 3.8) is 0 Å². The van der Waals surface area contributed by atoms with Crippen LogP contribution in [-0.4, -0.2) is 20.9 Å². The molecule has 0 spiro atoms. The number of nitrogens with one attached hydrogen (secondary N) is 1. The van der Waals surface area contributed by atoms with Crippen LogP contribution in [0.5, 0.6) is 0 Å². The zero-order chi connectivity index (χ0) is 18.7. The third-order valence-electron chi connectivity index (χ3n) is 4.59. The van der Waals surface area contributed by atoms with Gasteiger partial charge in [0.1, 0.15) is 0 Å². The van der Waals surface area contributed by atoms with Crippen LogP contribution in [0.4, 0.5) is 11.4 Å². The largest absolute Gasteiger partial charge is 0.312 e. The van der Waals surface area contributed by atoms with Gasteiger partial charge in [0, 0.05) is 18.7 Å². The predicted molar refractivity (Wildman–Crippen MR) is 104 cm³/mol. The van der Waals surface area contributed by atoms with E-state index in [9.17, 15) is 13.2 Å². The zero-order valence-corrected chi connectivity index (χ0v) is 15.9. The molecule has 26 heavy (non-hydrogen) atoms. The molecule has 5 nitrogen and oxygen atoms in total. The van der Waals surface area contributed by atoms with Crippen LogP contribution in [0.25, 0.3) is 0 Å². The van der Waals surface area contributed by atoms with Gasteiger partial charge in [0.25, 0.3) is 10.0 Å². The van der Waals surface area contributed by atoms with Crippen molar-refractivity contribution >= 4 is 27.3 Å². The van der Waals surface area contributed by atoms with Crippen molar-refractivity contribution in [1.82, 2.24) is 0 Å². The first-order valence-electron chi connectivity index (χ1n) is 8.90. The van der Waals surface area contributed by atoms with Gasteiger partial charge in [-0.2, -0.15) is 0 Å². The number of rotatable bonds is 5. The SMILES string of the molecule is CC(C)c1ccc(S(=O)(=O)Nc2cccc(N3CCCCC3=O)c2)cc1. The molecule has 0 unspecified atom stereocenters. The van der Waals surface area contributed by atoms with E-state index < -0.39 is 10.0 Å². The smallest absolute Gasteiger partial charge is 0.261 e. The van der Waals surface area contributed by atoms with E-state index in [2.05, 4.69) is 18.6 Å². The maximum Gasteiger partial charge on any atom is 0.261 e. The Morgan fingerprint density at radius 2 is 1.77 bits per heavy atom. The van der Waals surface area contributed by atoms with Gasteiger partial charge in [-0.15, -0.1) is 0 Å². The minimum atomic E-state index is -3.67. The quantitative estimate of drug-likeness (QED) is 0.858. The molecule has 1 heterocycles. The minimum Gasteiger partial charge on any atom is -0.312 e. The average Bonchev–Trinajstić information content (AvgIpc) is 2.62. The summed E-state index contributed by atoms with van der Waals surface area (Å²) in [6, 6.07) is 13.9. The van der Waals surface area contributed by atoms with Crippen LogP contribution in [0.15, 0.2) is 53.4 Å². The van der Waals surface area contributed by atoms with Gasteiger partial charge in [0.2, 0.25) is 5.91 Å². The Hall–Kier alpha value is -2.34. The summed E-state index contributed by atoms with van der Waals surface area (Å²) in [5.74, 6) is 0.430. The Morgan fingerprint density at radius 3 is 2.42 bits per heavy atom. The van der Waals surface area contributed by atoms with Crippen molar-refractivity contribution < 1.29 is 13.2 Å². The number of anilines is 2. The molecule has 0 atom stereocenters. The summed E-state index contributed by atoms with van der Waals surface area (Å²) in [5, 5.41) is 0. The Bertz CT molecular complexity index is 890. The van der Waals surface area contributed by atoms with Crippen LogP contribution in [0, 0.1) is 0 Å². The standard InChI is InChI=1S/C20H24N2O3S/c1-15(2)16-9-11-19(12-10-16)26(24,25)21-17-6-5-7-18(14-17)22-13-4-3-8-20(22)23/h5-7,9-12,14-15,21H,3-4,8,13H2,1-2H3. The molecule has 1 amide bonds. The van der Waals surface area contributed by atoms with Gasteiger partial charge >= 0.3 is 0 Å². The molecule has 0 bridgehead atoms. The summed E-state index contributed by atoms with van der Waals surface area (Å²) in [6.45, 7) is 4.80. The second kappa shape index (κ2) is 7.50. The summed E-state index contributed by atoms with van der Waals surface area (Å²) in [6.07, 6.45) is 2.41. The molecule has 0 saturated carbocycles. The zero-order valence-electron chi connectivity index (χ0n) is 15.1. The van der Waals surface area contributed by atoms with Crippen molar-refractivity contribution in [2.24, 2.45) is 0 Å². The third-order valence-corrected chi connectivity index (χ3v) is 5.99. The highest BCUT2D eigenvalue weighted by molar-refractivity contribution is 7.92. The van der Waals surface area contributed by atoms with Crippen LogP contribution in [0.1, 0.15) is 44.6 Å². The van der Waals surface area contributed by atoms with Crippen LogP contribution in [0.3, 0.4) is 0 Å². The molecule has 1 saturated heterocycles. The molecule has 1 fully saturated rings. The van der Waals surface area contributed by atoms with Crippen molar-refractivity contribution in [2.75, 3.05) is 16.2 Å². The van der Waals surface area contributed by atoms with Crippen molar-refractivity contribution in [3.05, 3.63) is 54.1 Å². The predicted octanol–water partition coefficient (Wildman–Crippen LogP) is 4.13. The lowest BCUT2D eigenvalue weighted by atomic mass is 10.0. The third kappa shape index (κ3) is 4.07. The topological polar surface area (TPSA) is 66.5 Å². The van der Waals surface area contributed by atoms with E-state index in [1.807, 2.05) is 18.2 Å². The number of carbonyl (C=O) groups excluding carboxylic acids is 1. The van der Waals surface area contributed by atoms with Gasteiger partial charge in [-0.05, 0) is 54.7 Å². The number of hydrogen-bond acceptors (Lipinski definition) is 3. The summed E-state index contributed by atoms with van der Waals surface area (Å²) < 4.78 is 27.9. The minimum absolute atomic E-state index is 0.0838. The maximum atomic E-state index is 12.6. The van der Waals surface area contributed by atoms with E-state index in [0.717, 1.165) is 24.1 Å². The molecule has 1 aliphatic rings. The summed E-state index contributed by atoms with van der Waals surface area (Å²) >= 11 is 0. The fourth-order valence-corrected chi connectivity index (χ4v) is 4.11. The second-order valence-electron chi connectivity index (χ2n) is 6.88. The van der Waals surface area contributed by atoms with Gasteiger partial charge < -0.3 is 4.90 Å². The molecule has 0 aromatic heterocycles. The van der Waals surface area contributed by atoms with Crippen molar-refractivity contribution in [2.45, 2.75) is 43.9 Å². The Kier molecular flexibility index (Phi) is 5.32. The molecule has 0 radical (unpaired) electrons. The number of carbonyl (C=O) groups is 1. The van der Waals surface area contributed by atoms with Gasteiger partial charge in [0.05, 0.1) is 10.6 Å². The Morgan fingerprint density at radius 1 is 1.04 bits per heavy atom. The number of piperidine rings is 1. The highest BCUT2D eigenvalue weighted by atomic mass is 32.2. The summed E-state index contributed by atoms with van der Waals surface area (Å²) in [7, 11) is -3.67. The van der Waals surface area contributed by atoms with Crippen LogP contribution >= 0.6 is 0 Å². The van der Waals surface area contributed by atoms with Gasteiger partial charge in [-0.25, -0.2) is 8.42 Å². The lowest BCUT2D eigenvalue weighted by molar-refractivity contribution is -0.119. The van der Waals surface area contributed by atoms with E-state index >= 15 is 0 Å². The Labute approximate surface area is 155 Å². The maximum absolute atomic E-state index is 12.6. The van der Waals surface area contributed by atoms with Crippen LogP contribution in [0.2, 0.25) is 0 Å².